The minimum atomic E-state index is 0. The Balaban J connectivity index is 0.00000112. The number of aromatic nitrogens is 3. The molecule has 4 nitrogen and oxygen atoms in total. The molecule has 0 amide bonds. The van der Waals surface area contributed by atoms with Gasteiger partial charge in [-0.15, -0.1) is 28.3 Å². The third-order valence-electron chi connectivity index (χ3n) is 1.60. The Labute approximate surface area is 106 Å². The van der Waals surface area contributed by atoms with Crippen molar-refractivity contribution in [2.75, 3.05) is 12.0 Å². The van der Waals surface area contributed by atoms with E-state index in [4.69, 9.17) is 5.73 Å². The van der Waals surface area contributed by atoms with Crippen LogP contribution in [0.15, 0.2) is 22.8 Å². The van der Waals surface area contributed by atoms with Gasteiger partial charge in [0.2, 0.25) is 0 Å². The van der Waals surface area contributed by atoms with Crippen LogP contribution in [-0.4, -0.2) is 21.2 Å². The van der Waals surface area contributed by atoms with E-state index in [9.17, 15) is 0 Å². The predicted molar refractivity (Wildman–Crippen MR) is 69.7 cm³/mol. The maximum atomic E-state index is 5.55. The maximum Gasteiger partial charge on any atom is 0.187 e. The van der Waals surface area contributed by atoms with E-state index in [1.165, 1.54) is 23.1 Å². The third-order valence-corrected chi connectivity index (χ3v) is 2.84. The maximum absolute atomic E-state index is 5.55. The summed E-state index contributed by atoms with van der Waals surface area (Å²) in [7, 11) is 0. The number of anilines is 1. The van der Waals surface area contributed by atoms with Crippen molar-refractivity contribution in [2.24, 2.45) is 0 Å². The van der Waals surface area contributed by atoms with E-state index in [0.717, 1.165) is 16.5 Å². The van der Waals surface area contributed by atoms with Crippen LogP contribution in [-0.2, 0) is 0 Å². The van der Waals surface area contributed by atoms with Gasteiger partial charge in [-0.3, -0.25) is 0 Å². The molecule has 0 aliphatic rings. The number of thiazole rings is 1. The first kappa shape index (κ1) is 12.4. The molecule has 0 atom stereocenters. The SMILES string of the molecule is Br.CSc1nccc(-c2csc(N)n2)n1. The molecule has 0 saturated carbocycles. The first-order valence-corrected chi connectivity index (χ1v) is 5.98. The molecular weight excluding hydrogens is 296 g/mol. The Morgan fingerprint density at radius 2 is 2.13 bits per heavy atom. The van der Waals surface area contributed by atoms with Crippen LogP contribution < -0.4 is 5.73 Å². The number of nitrogen functional groups attached to an aromatic ring is 1. The molecule has 0 fully saturated rings. The van der Waals surface area contributed by atoms with E-state index < -0.39 is 0 Å². The molecule has 0 radical (unpaired) electrons. The van der Waals surface area contributed by atoms with Gasteiger partial charge in [-0.1, -0.05) is 11.8 Å². The zero-order valence-electron chi connectivity index (χ0n) is 7.88. The highest BCUT2D eigenvalue weighted by Crippen LogP contribution is 2.22. The normalized spacial score (nSPS) is 9.67. The zero-order chi connectivity index (χ0) is 9.97. The van der Waals surface area contributed by atoms with Crippen molar-refractivity contribution in [3.63, 3.8) is 0 Å². The van der Waals surface area contributed by atoms with Gasteiger partial charge in [0.1, 0.15) is 5.69 Å². The van der Waals surface area contributed by atoms with Gasteiger partial charge in [0.25, 0.3) is 0 Å². The topological polar surface area (TPSA) is 64.7 Å². The van der Waals surface area contributed by atoms with Gasteiger partial charge >= 0.3 is 0 Å². The summed E-state index contributed by atoms with van der Waals surface area (Å²) in [6.45, 7) is 0. The summed E-state index contributed by atoms with van der Waals surface area (Å²) in [5.41, 5.74) is 7.17. The molecule has 0 unspecified atom stereocenters. The van der Waals surface area contributed by atoms with E-state index in [-0.39, 0.29) is 17.0 Å². The summed E-state index contributed by atoms with van der Waals surface area (Å²) in [5, 5.41) is 3.19. The molecule has 0 aliphatic heterocycles. The van der Waals surface area contributed by atoms with Crippen LogP contribution in [0.4, 0.5) is 5.13 Å². The van der Waals surface area contributed by atoms with Gasteiger partial charge in [0.05, 0.1) is 5.69 Å². The standard InChI is InChI=1S/C8H8N4S2.BrH/c1-13-8-10-3-2-5(12-8)6-4-14-7(9)11-6;/h2-4H,1H3,(H2,9,11);1H. The second-order valence-electron chi connectivity index (χ2n) is 2.50. The molecule has 2 rings (SSSR count). The summed E-state index contributed by atoms with van der Waals surface area (Å²) < 4.78 is 0. The second kappa shape index (κ2) is 5.43. The lowest BCUT2D eigenvalue weighted by Gasteiger charge is -1.97. The monoisotopic (exact) mass is 304 g/mol. The van der Waals surface area contributed by atoms with Crippen molar-refractivity contribution in [3.8, 4) is 11.4 Å². The number of hydrogen-bond donors (Lipinski definition) is 1. The molecule has 0 bridgehead atoms. The lowest BCUT2D eigenvalue weighted by atomic mass is 10.3. The molecule has 0 aromatic carbocycles. The smallest absolute Gasteiger partial charge is 0.187 e. The Morgan fingerprint density at radius 1 is 1.33 bits per heavy atom. The fourth-order valence-corrected chi connectivity index (χ4v) is 1.90. The van der Waals surface area contributed by atoms with Crippen molar-refractivity contribution in [3.05, 3.63) is 17.6 Å². The van der Waals surface area contributed by atoms with Gasteiger partial charge in [-0.2, -0.15) is 0 Å². The quantitative estimate of drug-likeness (QED) is 0.682. The number of nitrogens with two attached hydrogens (primary N) is 1. The first-order valence-electron chi connectivity index (χ1n) is 3.88. The molecule has 15 heavy (non-hydrogen) atoms. The molecule has 2 aromatic rings. The molecule has 0 spiro atoms. The Hall–Kier alpha value is -0.660. The Morgan fingerprint density at radius 3 is 2.73 bits per heavy atom. The summed E-state index contributed by atoms with van der Waals surface area (Å²) in [6.07, 6.45) is 3.66. The van der Waals surface area contributed by atoms with Crippen LogP contribution in [0.1, 0.15) is 0 Å². The first-order chi connectivity index (χ1) is 6.79. The number of rotatable bonds is 2. The third kappa shape index (κ3) is 2.90. The second-order valence-corrected chi connectivity index (χ2v) is 4.16. The van der Waals surface area contributed by atoms with Crippen molar-refractivity contribution in [1.82, 2.24) is 15.0 Å². The van der Waals surface area contributed by atoms with E-state index >= 15 is 0 Å². The fraction of sp³-hybridized carbons (Fsp3) is 0.125. The number of nitrogens with zero attached hydrogens (tertiary/aromatic N) is 3. The predicted octanol–water partition coefficient (Wildman–Crippen LogP) is 2.48. The minimum absolute atomic E-state index is 0. The number of thioether (sulfide) groups is 1. The summed E-state index contributed by atoms with van der Waals surface area (Å²) in [5.74, 6) is 0. The van der Waals surface area contributed by atoms with E-state index in [2.05, 4.69) is 15.0 Å². The molecule has 0 aliphatic carbocycles. The van der Waals surface area contributed by atoms with Crippen molar-refractivity contribution >= 4 is 45.2 Å². The molecule has 7 heteroatoms. The van der Waals surface area contributed by atoms with Crippen LogP contribution in [0.5, 0.6) is 0 Å². The van der Waals surface area contributed by atoms with Crippen molar-refractivity contribution < 1.29 is 0 Å². The number of halogens is 1. The average Bonchev–Trinajstić information content (AvgIpc) is 2.65. The molecule has 2 heterocycles. The van der Waals surface area contributed by atoms with Gasteiger partial charge in [-0.05, 0) is 12.3 Å². The van der Waals surface area contributed by atoms with Gasteiger partial charge < -0.3 is 5.73 Å². The summed E-state index contributed by atoms with van der Waals surface area (Å²) >= 11 is 2.92. The van der Waals surface area contributed by atoms with Crippen LogP contribution >= 0.6 is 40.1 Å². The highest BCUT2D eigenvalue weighted by molar-refractivity contribution is 8.93. The van der Waals surface area contributed by atoms with Crippen molar-refractivity contribution in [1.29, 1.82) is 0 Å². The molecule has 2 aromatic heterocycles. The van der Waals surface area contributed by atoms with Gasteiger partial charge in [0.15, 0.2) is 10.3 Å². The van der Waals surface area contributed by atoms with Crippen molar-refractivity contribution in [2.45, 2.75) is 5.16 Å². The molecular formula is C8H9BrN4S2. The van der Waals surface area contributed by atoms with Crippen LogP contribution in [0, 0.1) is 0 Å². The largest absolute Gasteiger partial charge is 0.375 e. The number of hydrogen-bond acceptors (Lipinski definition) is 6. The molecule has 2 N–H and O–H groups in total. The Bertz CT molecular complexity index is 446. The van der Waals surface area contributed by atoms with Gasteiger partial charge in [0, 0.05) is 11.6 Å². The van der Waals surface area contributed by atoms with Crippen LogP contribution in [0.25, 0.3) is 11.4 Å². The minimum Gasteiger partial charge on any atom is -0.375 e. The molecule has 0 saturated heterocycles. The fourth-order valence-electron chi connectivity index (χ4n) is 0.987. The lowest BCUT2D eigenvalue weighted by molar-refractivity contribution is 0.973. The summed E-state index contributed by atoms with van der Waals surface area (Å²) in [6, 6.07) is 1.83. The van der Waals surface area contributed by atoms with Gasteiger partial charge in [-0.25, -0.2) is 15.0 Å². The highest BCUT2D eigenvalue weighted by atomic mass is 79.9. The molecule has 80 valence electrons. The Kier molecular flexibility index (Phi) is 4.49. The highest BCUT2D eigenvalue weighted by Gasteiger charge is 2.04. The van der Waals surface area contributed by atoms with E-state index in [1.807, 2.05) is 17.7 Å². The van der Waals surface area contributed by atoms with Crippen LogP contribution in [0.2, 0.25) is 0 Å². The zero-order valence-corrected chi connectivity index (χ0v) is 11.2. The van der Waals surface area contributed by atoms with E-state index in [1.54, 1.807) is 6.20 Å². The summed E-state index contributed by atoms with van der Waals surface area (Å²) in [4.78, 5) is 12.6. The van der Waals surface area contributed by atoms with Crippen LogP contribution in [0.3, 0.4) is 0 Å². The average molecular weight is 305 g/mol. The van der Waals surface area contributed by atoms with E-state index in [0.29, 0.717) is 5.13 Å². The lowest BCUT2D eigenvalue weighted by Crippen LogP contribution is -1.89.